The van der Waals surface area contributed by atoms with Crippen LogP contribution in [-0.2, 0) is 4.79 Å². The highest BCUT2D eigenvalue weighted by atomic mass is 16.4. The summed E-state index contributed by atoms with van der Waals surface area (Å²) in [6.45, 7) is 8.71. The minimum absolute atomic E-state index is 0.0217. The van der Waals surface area contributed by atoms with Gasteiger partial charge in [-0.15, -0.1) is 0 Å². The molecule has 0 aromatic heterocycles. The summed E-state index contributed by atoms with van der Waals surface area (Å²) in [5, 5.41) is 11.8. The Labute approximate surface area is 121 Å². The zero-order chi connectivity index (χ0) is 15.2. The summed E-state index contributed by atoms with van der Waals surface area (Å²) in [5.74, 6) is -0.446. The Morgan fingerprint density at radius 1 is 1.20 bits per heavy atom. The number of nitrogens with one attached hydrogen (secondary N) is 1. The van der Waals surface area contributed by atoms with Gasteiger partial charge in [0.2, 0.25) is 0 Å². The van der Waals surface area contributed by atoms with E-state index in [1.807, 2.05) is 4.90 Å². The van der Waals surface area contributed by atoms with Gasteiger partial charge in [0.25, 0.3) is 0 Å². The number of nitrogens with zero attached hydrogens (tertiary/aromatic N) is 1. The van der Waals surface area contributed by atoms with Gasteiger partial charge >= 0.3 is 12.0 Å². The topological polar surface area (TPSA) is 69.6 Å². The SMILES string of the molecule is CC(C)(C)C(CCNC(=O)N1CCCC1)CCC(=O)O. The van der Waals surface area contributed by atoms with E-state index in [9.17, 15) is 9.59 Å². The summed E-state index contributed by atoms with van der Waals surface area (Å²) >= 11 is 0. The van der Waals surface area contributed by atoms with Crippen LogP contribution in [0.1, 0.15) is 52.9 Å². The highest BCUT2D eigenvalue weighted by molar-refractivity contribution is 5.74. The number of amides is 2. The third-order valence-corrected chi connectivity index (χ3v) is 4.09. The monoisotopic (exact) mass is 284 g/mol. The minimum Gasteiger partial charge on any atom is -0.481 e. The number of hydrogen-bond donors (Lipinski definition) is 2. The van der Waals surface area contributed by atoms with E-state index in [4.69, 9.17) is 5.11 Å². The summed E-state index contributed by atoms with van der Waals surface area (Å²) in [4.78, 5) is 24.4. The van der Waals surface area contributed by atoms with Crippen molar-refractivity contribution >= 4 is 12.0 Å². The number of carboxylic acids is 1. The highest BCUT2D eigenvalue weighted by Gasteiger charge is 2.25. The van der Waals surface area contributed by atoms with Crippen LogP contribution in [0, 0.1) is 11.3 Å². The van der Waals surface area contributed by atoms with Crippen molar-refractivity contribution in [2.24, 2.45) is 11.3 Å². The van der Waals surface area contributed by atoms with E-state index in [-0.39, 0.29) is 17.9 Å². The molecule has 0 bridgehead atoms. The second-order valence-electron chi connectivity index (χ2n) is 6.71. The molecule has 1 aliphatic heterocycles. The molecule has 20 heavy (non-hydrogen) atoms. The number of carbonyl (C=O) groups excluding carboxylic acids is 1. The molecule has 0 aliphatic carbocycles. The van der Waals surface area contributed by atoms with Crippen molar-refractivity contribution in [2.75, 3.05) is 19.6 Å². The Kier molecular flexibility index (Phi) is 6.30. The maximum absolute atomic E-state index is 11.9. The standard InChI is InChI=1S/C15H28N2O3/c1-15(2,3)12(6-7-13(18)19)8-9-16-14(20)17-10-4-5-11-17/h12H,4-11H2,1-3H3,(H,16,20)(H,18,19). The predicted octanol–water partition coefficient (Wildman–Crippen LogP) is 2.71. The molecule has 1 rings (SSSR count). The second-order valence-corrected chi connectivity index (χ2v) is 6.71. The van der Waals surface area contributed by atoms with E-state index < -0.39 is 5.97 Å². The smallest absolute Gasteiger partial charge is 0.317 e. The number of carbonyl (C=O) groups is 2. The quantitative estimate of drug-likeness (QED) is 0.788. The molecule has 1 heterocycles. The normalized spacial score (nSPS) is 17.1. The predicted molar refractivity (Wildman–Crippen MR) is 78.6 cm³/mol. The lowest BCUT2D eigenvalue weighted by Gasteiger charge is -2.30. The Bertz CT molecular complexity index is 331. The van der Waals surface area contributed by atoms with E-state index in [0.29, 0.717) is 18.9 Å². The Hall–Kier alpha value is -1.26. The molecule has 1 fully saturated rings. The molecule has 0 aromatic carbocycles. The van der Waals surface area contributed by atoms with Gasteiger partial charge in [-0.1, -0.05) is 20.8 Å². The first kappa shape index (κ1) is 16.8. The molecule has 5 nitrogen and oxygen atoms in total. The van der Waals surface area contributed by atoms with E-state index in [1.54, 1.807) is 0 Å². The zero-order valence-electron chi connectivity index (χ0n) is 12.9. The molecule has 0 aromatic rings. The number of hydrogen-bond acceptors (Lipinski definition) is 2. The fraction of sp³-hybridized carbons (Fsp3) is 0.867. The van der Waals surface area contributed by atoms with E-state index in [1.165, 1.54) is 0 Å². The maximum Gasteiger partial charge on any atom is 0.317 e. The van der Waals surface area contributed by atoms with Gasteiger partial charge in [0, 0.05) is 26.1 Å². The molecule has 1 aliphatic rings. The molecule has 2 amide bonds. The summed E-state index contributed by atoms with van der Waals surface area (Å²) in [6, 6.07) is 0.0217. The lowest BCUT2D eigenvalue weighted by molar-refractivity contribution is -0.137. The van der Waals surface area contributed by atoms with Gasteiger partial charge in [0.1, 0.15) is 0 Å². The molecule has 1 saturated heterocycles. The van der Waals surface area contributed by atoms with Crippen LogP contribution in [0.15, 0.2) is 0 Å². The maximum atomic E-state index is 11.9. The molecule has 1 unspecified atom stereocenters. The highest BCUT2D eigenvalue weighted by Crippen LogP contribution is 2.32. The lowest BCUT2D eigenvalue weighted by Crippen LogP contribution is -2.39. The Morgan fingerprint density at radius 2 is 1.80 bits per heavy atom. The van der Waals surface area contributed by atoms with Crippen molar-refractivity contribution < 1.29 is 14.7 Å². The second kappa shape index (κ2) is 7.50. The average molecular weight is 284 g/mol. The number of likely N-dealkylation sites (tertiary alicyclic amines) is 1. The van der Waals surface area contributed by atoms with Crippen LogP contribution >= 0.6 is 0 Å². The largest absolute Gasteiger partial charge is 0.481 e. The first-order valence-electron chi connectivity index (χ1n) is 7.55. The molecule has 116 valence electrons. The van der Waals surface area contributed by atoms with E-state index in [0.717, 1.165) is 32.4 Å². The van der Waals surface area contributed by atoms with Crippen LogP contribution in [-0.4, -0.2) is 41.6 Å². The molecule has 0 radical (unpaired) electrons. The van der Waals surface area contributed by atoms with Crippen LogP contribution in [0.4, 0.5) is 4.79 Å². The fourth-order valence-electron chi connectivity index (χ4n) is 2.69. The Morgan fingerprint density at radius 3 is 2.30 bits per heavy atom. The molecule has 2 N–H and O–H groups in total. The fourth-order valence-corrected chi connectivity index (χ4v) is 2.69. The summed E-state index contributed by atoms with van der Waals surface area (Å²) < 4.78 is 0. The Balaban J connectivity index is 2.33. The number of urea groups is 1. The van der Waals surface area contributed by atoms with Gasteiger partial charge in [-0.3, -0.25) is 4.79 Å². The lowest BCUT2D eigenvalue weighted by atomic mass is 9.76. The first-order valence-corrected chi connectivity index (χ1v) is 7.55. The van der Waals surface area contributed by atoms with Crippen LogP contribution in [0.2, 0.25) is 0 Å². The van der Waals surface area contributed by atoms with Crippen molar-refractivity contribution in [3.05, 3.63) is 0 Å². The third-order valence-electron chi connectivity index (χ3n) is 4.09. The molecule has 5 heteroatoms. The minimum atomic E-state index is -0.750. The van der Waals surface area contributed by atoms with Crippen molar-refractivity contribution in [3.8, 4) is 0 Å². The van der Waals surface area contributed by atoms with Gasteiger partial charge in [-0.05, 0) is 37.0 Å². The van der Waals surface area contributed by atoms with Crippen molar-refractivity contribution in [2.45, 2.75) is 52.9 Å². The van der Waals surface area contributed by atoms with Gasteiger partial charge in [0.05, 0.1) is 0 Å². The van der Waals surface area contributed by atoms with Gasteiger partial charge in [0.15, 0.2) is 0 Å². The molecular formula is C15H28N2O3. The first-order chi connectivity index (χ1) is 9.30. The molecule has 0 saturated carbocycles. The molecular weight excluding hydrogens is 256 g/mol. The summed E-state index contributed by atoms with van der Waals surface area (Å²) in [7, 11) is 0. The van der Waals surface area contributed by atoms with E-state index >= 15 is 0 Å². The van der Waals surface area contributed by atoms with Crippen molar-refractivity contribution in [1.82, 2.24) is 10.2 Å². The van der Waals surface area contributed by atoms with Crippen molar-refractivity contribution in [1.29, 1.82) is 0 Å². The summed E-state index contributed by atoms with van der Waals surface area (Å²) in [5.41, 5.74) is 0.0633. The van der Waals surface area contributed by atoms with Crippen LogP contribution in [0.3, 0.4) is 0 Å². The van der Waals surface area contributed by atoms with Gasteiger partial charge in [-0.2, -0.15) is 0 Å². The van der Waals surface area contributed by atoms with Crippen molar-refractivity contribution in [3.63, 3.8) is 0 Å². The summed E-state index contributed by atoms with van der Waals surface area (Å²) in [6.07, 6.45) is 3.88. The van der Waals surface area contributed by atoms with E-state index in [2.05, 4.69) is 26.1 Å². The number of aliphatic carboxylic acids is 1. The molecule has 0 spiro atoms. The van der Waals surface area contributed by atoms with Crippen LogP contribution in [0.25, 0.3) is 0 Å². The molecule has 1 atom stereocenters. The van der Waals surface area contributed by atoms with Gasteiger partial charge in [-0.25, -0.2) is 4.79 Å². The number of rotatable bonds is 6. The van der Waals surface area contributed by atoms with Crippen LogP contribution in [0.5, 0.6) is 0 Å². The van der Waals surface area contributed by atoms with Gasteiger partial charge < -0.3 is 15.3 Å². The van der Waals surface area contributed by atoms with Crippen LogP contribution < -0.4 is 5.32 Å². The number of carboxylic acid groups (broad SMARTS) is 1. The average Bonchev–Trinajstić information content (AvgIpc) is 2.84. The zero-order valence-corrected chi connectivity index (χ0v) is 12.9. The third kappa shape index (κ3) is 5.80.